The second-order valence-corrected chi connectivity index (χ2v) is 7.51. The van der Waals surface area contributed by atoms with Gasteiger partial charge in [-0.15, -0.1) is 0 Å². The molecule has 1 N–H and O–H groups in total. The molecule has 3 heteroatoms. The minimum absolute atomic E-state index is 0.312. The molecular weight excluding hydrogens is 248 g/mol. The molecule has 0 bridgehead atoms. The van der Waals surface area contributed by atoms with Crippen molar-refractivity contribution in [3.05, 3.63) is 0 Å². The highest BCUT2D eigenvalue weighted by Gasteiger charge is 2.43. The smallest absolute Gasteiger partial charge is 0.0477 e. The van der Waals surface area contributed by atoms with Crippen LogP contribution >= 0.6 is 0 Å². The van der Waals surface area contributed by atoms with Crippen molar-refractivity contribution in [2.75, 3.05) is 26.8 Å². The van der Waals surface area contributed by atoms with Crippen LogP contribution in [0.25, 0.3) is 0 Å². The van der Waals surface area contributed by atoms with Crippen LogP contribution in [0.5, 0.6) is 0 Å². The second-order valence-electron chi connectivity index (χ2n) is 7.51. The van der Waals surface area contributed by atoms with Gasteiger partial charge in [-0.2, -0.15) is 0 Å². The summed E-state index contributed by atoms with van der Waals surface area (Å²) in [5, 5.41) is 3.82. The molecule has 0 amide bonds. The van der Waals surface area contributed by atoms with Gasteiger partial charge in [-0.3, -0.25) is 4.90 Å². The maximum Gasteiger partial charge on any atom is 0.0477 e. The molecule has 2 atom stereocenters. The number of nitrogens with one attached hydrogen (secondary N) is 1. The van der Waals surface area contributed by atoms with E-state index >= 15 is 0 Å². The van der Waals surface area contributed by atoms with Crippen LogP contribution < -0.4 is 5.32 Å². The molecule has 1 aliphatic rings. The Labute approximate surface area is 126 Å². The van der Waals surface area contributed by atoms with Gasteiger partial charge in [0.2, 0.25) is 0 Å². The Morgan fingerprint density at radius 1 is 1.30 bits per heavy atom. The highest BCUT2D eigenvalue weighted by Crippen LogP contribution is 2.33. The van der Waals surface area contributed by atoms with E-state index in [0.717, 1.165) is 26.1 Å². The van der Waals surface area contributed by atoms with Crippen molar-refractivity contribution in [3.63, 3.8) is 0 Å². The lowest BCUT2D eigenvalue weighted by Crippen LogP contribution is -2.68. The third-order valence-electron chi connectivity index (χ3n) is 5.30. The van der Waals surface area contributed by atoms with E-state index in [9.17, 15) is 0 Å². The Morgan fingerprint density at radius 2 is 1.90 bits per heavy atom. The van der Waals surface area contributed by atoms with Gasteiger partial charge in [0.25, 0.3) is 0 Å². The fourth-order valence-electron chi connectivity index (χ4n) is 3.45. The summed E-state index contributed by atoms with van der Waals surface area (Å²) in [7, 11) is 1.80. The Hall–Kier alpha value is -0.120. The van der Waals surface area contributed by atoms with Gasteiger partial charge in [-0.1, -0.05) is 34.6 Å². The molecule has 1 saturated heterocycles. The van der Waals surface area contributed by atoms with Gasteiger partial charge in [0.15, 0.2) is 0 Å². The summed E-state index contributed by atoms with van der Waals surface area (Å²) in [5.74, 6) is 0. The third kappa shape index (κ3) is 3.96. The summed E-state index contributed by atoms with van der Waals surface area (Å²) < 4.78 is 5.29. The van der Waals surface area contributed by atoms with Crippen molar-refractivity contribution >= 4 is 0 Å². The summed E-state index contributed by atoms with van der Waals surface area (Å²) in [6.45, 7) is 17.2. The number of methoxy groups -OCH3 is 1. The summed E-state index contributed by atoms with van der Waals surface area (Å²) >= 11 is 0. The van der Waals surface area contributed by atoms with E-state index in [4.69, 9.17) is 4.74 Å². The third-order valence-corrected chi connectivity index (χ3v) is 5.30. The highest BCUT2D eigenvalue weighted by atomic mass is 16.5. The zero-order valence-corrected chi connectivity index (χ0v) is 14.8. The van der Waals surface area contributed by atoms with Gasteiger partial charge >= 0.3 is 0 Å². The van der Waals surface area contributed by atoms with E-state index in [2.05, 4.69) is 51.8 Å². The molecule has 0 aromatic heterocycles. The van der Waals surface area contributed by atoms with Crippen molar-refractivity contribution in [3.8, 4) is 0 Å². The first-order valence-corrected chi connectivity index (χ1v) is 8.29. The van der Waals surface area contributed by atoms with Crippen LogP contribution in [0.4, 0.5) is 0 Å². The van der Waals surface area contributed by atoms with E-state index in [1.165, 1.54) is 12.8 Å². The van der Waals surface area contributed by atoms with Crippen molar-refractivity contribution in [1.29, 1.82) is 0 Å². The zero-order valence-electron chi connectivity index (χ0n) is 14.8. The van der Waals surface area contributed by atoms with Gasteiger partial charge in [-0.05, 0) is 31.6 Å². The Bertz CT molecular complexity index is 281. The number of rotatable bonds is 6. The topological polar surface area (TPSA) is 24.5 Å². The summed E-state index contributed by atoms with van der Waals surface area (Å²) in [6.07, 6.45) is 3.55. The minimum atomic E-state index is 0.312. The minimum Gasteiger partial charge on any atom is -0.385 e. The molecule has 1 heterocycles. The molecule has 0 aromatic rings. The lowest BCUT2D eigenvalue weighted by atomic mass is 9.79. The average Bonchev–Trinajstić information content (AvgIpc) is 2.42. The van der Waals surface area contributed by atoms with Gasteiger partial charge in [0.1, 0.15) is 0 Å². The lowest BCUT2D eigenvalue weighted by Gasteiger charge is -2.54. The van der Waals surface area contributed by atoms with Crippen LogP contribution in [-0.2, 0) is 4.74 Å². The predicted octanol–water partition coefficient (Wildman–Crippen LogP) is 3.29. The van der Waals surface area contributed by atoms with Gasteiger partial charge < -0.3 is 10.1 Å². The quantitative estimate of drug-likeness (QED) is 0.810. The van der Waals surface area contributed by atoms with Crippen LogP contribution in [-0.4, -0.2) is 49.3 Å². The molecule has 0 aromatic carbocycles. The van der Waals surface area contributed by atoms with E-state index < -0.39 is 0 Å². The Morgan fingerprint density at radius 3 is 2.35 bits per heavy atom. The second kappa shape index (κ2) is 7.24. The summed E-state index contributed by atoms with van der Waals surface area (Å²) in [5.41, 5.74) is 0.627. The fourth-order valence-corrected chi connectivity index (χ4v) is 3.45. The van der Waals surface area contributed by atoms with Crippen molar-refractivity contribution in [2.24, 2.45) is 5.41 Å². The molecule has 0 radical (unpaired) electrons. The van der Waals surface area contributed by atoms with E-state index in [0.29, 0.717) is 23.0 Å². The number of nitrogens with zero attached hydrogens (tertiary/aromatic N) is 1. The average molecular weight is 284 g/mol. The van der Waals surface area contributed by atoms with Crippen LogP contribution in [0.3, 0.4) is 0 Å². The molecular formula is C17H36N2O. The molecule has 0 saturated carbocycles. The predicted molar refractivity (Wildman–Crippen MR) is 87.2 cm³/mol. The van der Waals surface area contributed by atoms with Crippen molar-refractivity contribution < 1.29 is 4.74 Å². The van der Waals surface area contributed by atoms with Crippen molar-refractivity contribution in [1.82, 2.24) is 10.2 Å². The van der Waals surface area contributed by atoms with E-state index in [-0.39, 0.29) is 0 Å². The summed E-state index contributed by atoms with van der Waals surface area (Å²) in [6, 6.07) is 1.15. The number of hydrogen-bond donors (Lipinski definition) is 1. The van der Waals surface area contributed by atoms with Crippen LogP contribution in [0.2, 0.25) is 0 Å². The highest BCUT2D eigenvalue weighted by molar-refractivity contribution is 5.01. The SMILES string of the molecule is CCC1(CC)CNC(C(C)(C)C)CN1C(C)CCOC. The first-order chi connectivity index (χ1) is 9.30. The molecule has 3 nitrogen and oxygen atoms in total. The first kappa shape index (κ1) is 17.9. The normalized spacial score (nSPS) is 25.6. The molecule has 1 rings (SSSR count). The molecule has 120 valence electrons. The van der Waals surface area contributed by atoms with Crippen molar-refractivity contribution in [2.45, 2.75) is 78.4 Å². The molecule has 0 spiro atoms. The first-order valence-electron chi connectivity index (χ1n) is 8.29. The van der Waals surface area contributed by atoms with Crippen LogP contribution in [0, 0.1) is 5.41 Å². The van der Waals surface area contributed by atoms with Gasteiger partial charge in [-0.25, -0.2) is 0 Å². The van der Waals surface area contributed by atoms with Gasteiger partial charge in [0.05, 0.1) is 0 Å². The number of piperazine rings is 1. The number of ether oxygens (including phenoxy) is 1. The van der Waals surface area contributed by atoms with Gasteiger partial charge in [0, 0.05) is 44.4 Å². The van der Waals surface area contributed by atoms with Crippen LogP contribution in [0.15, 0.2) is 0 Å². The lowest BCUT2D eigenvalue weighted by molar-refractivity contribution is -0.0261. The fraction of sp³-hybridized carbons (Fsp3) is 1.00. The van der Waals surface area contributed by atoms with Crippen LogP contribution in [0.1, 0.15) is 60.8 Å². The summed E-state index contributed by atoms with van der Waals surface area (Å²) in [4.78, 5) is 2.76. The van der Waals surface area contributed by atoms with E-state index in [1.54, 1.807) is 7.11 Å². The monoisotopic (exact) mass is 284 g/mol. The molecule has 2 unspecified atom stereocenters. The standard InChI is InChI=1S/C17H36N2O/c1-8-17(9-2)13-18-15(16(4,5)6)12-19(17)14(3)10-11-20-7/h14-15,18H,8-13H2,1-7H3. The number of hydrogen-bond acceptors (Lipinski definition) is 3. The Kier molecular flexibility index (Phi) is 6.49. The maximum absolute atomic E-state index is 5.29. The molecule has 0 aliphatic carbocycles. The molecule has 1 fully saturated rings. The maximum atomic E-state index is 5.29. The Balaban J connectivity index is 2.88. The molecule has 20 heavy (non-hydrogen) atoms. The molecule has 1 aliphatic heterocycles. The largest absolute Gasteiger partial charge is 0.385 e. The zero-order chi connectivity index (χ0) is 15.4. The van der Waals surface area contributed by atoms with E-state index in [1.807, 2.05) is 0 Å².